The van der Waals surface area contributed by atoms with Crippen LogP contribution in [0.2, 0.25) is 5.02 Å². The third-order valence-corrected chi connectivity index (χ3v) is 3.78. The molecular weight excluding hydrogens is 288 g/mol. The molecule has 0 aliphatic carbocycles. The topological polar surface area (TPSA) is 127 Å². The van der Waals surface area contributed by atoms with Crippen molar-refractivity contribution in [2.75, 3.05) is 0 Å². The Balaban J connectivity index is 3.50. The van der Waals surface area contributed by atoms with Gasteiger partial charge in [0.1, 0.15) is 9.92 Å². The number of nitrogens with zero attached hydrogens (tertiary/aromatic N) is 1. The van der Waals surface area contributed by atoms with E-state index in [1.165, 1.54) is 0 Å². The zero-order valence-electron chi connectivity index (χ0n) is 8.88. The lowest BCUT2D eigenvalue weighted by Crippen LogP contribution is -2.28. The zero-order valence-corrected chi connectivity index (χ0v) is 10.4. The van der Waals surface area contributed by atoms with Crippen LogP contribution in [0.1, 0.15) is 6.92 Å². The molecule has 0 bridgehead atoms. The van der Waals surface area contributed by atoms with E-state index >= 15 is 0 Å². The van der Waals surface area contributed by atoms with E-state index in [2.05, 4.69) is 0 Å². The summed E-state index contributed by atoms with van der Waals surface area (Å²) in [7, 11) is -4.31. The first kappa shape index (κ1) is 14.2. The minimum atomic E-state index is -4.31. The average Bonchev–Trinajstić information content (AvgIpc) is 2.13. The van der Waals surface area contributed by atoms with Gasteiger partial charge in [0.15, 0.2) is 5.75 Å². The molecule has 0 radical (unpaired) electrons. The fraction of sp³-hybridized carbons (Fsp3) is 0.125. The largest absolute Gasteiger partial charge is 0.502 e. The molecule has 0 heterocycles. The van der Waals surface area contributed by atoms with Crippen LogP contribution in [0.4, 0.5) is 5.69 Å². The molecule has 0 unspecified atom stereocenters. The number of hydrogen-bond acceptors (Lipinski definition) is 6. The Labute approximate surface area is 106 Å². The third kappa shape index (κ3) is 2.68. The summed E-state index contributed by atoms with van der Waals surface area (Å²) in [6, 6.07) is 1.66. The van der Waals surface area contributed by atoms with Gasteiger partial charge < -0.3 is 5.11 Å². The van der Waals surface area contributed by atoms with E-state index in [1.54, 1.807) is 4.72 Å². The van der Waals surface area contributed by atoms with Crippen molar-refractivity contribution in [1.29, 1.82) is 0 Å². The van der Waals surface area contributed by atoms with Gasteiger partial charge in [0, 0.05) is 6.92 Å². The van der Waals surface area contributed by atoms with Crippen LogP contribution >= 0.6 is 11.6 Å². The first-order valence-electron chi connectivity index (χ1n) is 4.36. The number of halogens is 1. The fourth-order valence-corrected chi connectivity index (χ4v) is 2.76. The Morgan fingerprint density at radius 3 is 2.50 bits per heavy atom. The maximum absolute atomic E-state index is 11.6. The monoisotopic (exact) mass is 294 g/mol. The summed E-state index contributed by atoms with van der Waals surface area (Å²) < 4.78 is 24.9. The molecule has 0 aliphatic rings. The van der Waals surface area contributed by atoms with Crippen LogP contribution in [0, 0.1) is 10.1 Å². The Kier molecular flexibility index (Phi) is 3.77. The predicted molar refractivity (Wildman–Crippen MR) is 60.8 cm³/mol. The standard InChI is InChI=1S/C8H7ClN2O6S/c1-4(12)10-18(16,17)6-3-2-5(13)8(7(6)9)11(14)15/h2-3,13H,1H3,(H,10,12). The second-order valence-electron chi connectivity index (χ2n) is 3.16. The molecule has 98 valence electrons. The smallest absolute Gasteiger partial charge is 0.330 e. The number of carbonyl (C=O) groups excluding carboxylic acids is 1. The maximum Gasteiger partial charge on any atom is 0.330 e. The van der Waals surface area contributed by atoms with Gasteiger partial charge in [0.25, 0.3) is 10.0 Å². The highest BCUT2D eigenvalue weighted by atomic mass is 35.5. The summed E-state index contributed by atoms with van der Waals surface area (Å²) >= 11 is 5.54. The normalized spacial score (nSPS) is 11.0. The van der Waals surface area contributed by atoms with Crippen molar-refractivity contribution >= 4 is 33.2 Å². The molecule has 1 rings (SSSR count). The van der Waals surface area contributed by atoms with Gasteiger partial charge in [-0.25, -0.2) is 13.1 Å². The highest BCUT2D eigenvalue weighted by Gasteiger charge is 2.28. The van der Waals surface area contributed by atoms with Crippen LogP contribution in [-0.2, 0) is 14.8 Å². The molecule has 0 atom stereocenters. The molecule has 0 fully saturated rings. The van der Waals surface area contributed by atoms with Crippen molar-refractivity contribution in [2.24, 2.45) is 0 Å². The number of sulfonamides is 1. The van der Waals surface area contributed by atoms with Crippen LogP contribution in [0.3, 0.4) is 0 Å². The van der Waals surface area contributed by atoms with Crippen LogP contribution in [-0.4, -0.2) is 24.4 Å². The molecule has 0 aliphatic heterocycles. The van der Waals surface area contributed by atoms with Crippen molar-refractivity contribution < 1.29 is 23.2 Å². The lowest BCUT2D eigenvalue weighted by atomic mass is 10.3. The van der Waals surface area contributed by atoms with E-state index in [1.807, 2.05) is 0 Å². The number of nitro benzene ring substituents is 1. The molecule has 18 heavy (non-hydrogen) atoms. The van der Waals surface area contributed by atoms with Crippen LogP contribution in [0.15, 0.2) is 17.0 Å². The second-order valence-corrected chi connectivity index (χ2v) is 5.19. The second kappa shape index (κ2) is 4.78. The van der Waals surface area contributed by atoms with E-state index in [-0.39, 0.29) is 0 Å². The molecule has 10 heteroatoms. The molecule has 0 saturated carbocycles. The quantitative estimate of drug-likeness (QED) is 0.626. The van der Waals surface area contributed by atoms with Crippen LogP contribution < -0.4 is 4.72 Å². The van der Waals surface area contributed by atoms with Gasteiger partial charge in [-0.1, -0.05) is 11.6 Å². The SMILES string of the molecule is CC(=O)NS(=O)(=O)c1ccc(O)c([N+](=O)[O-])c1Cl. The molecule has 0 spiro atoms. The van der Waals surface area contributed by atoms with Crippen molar-refractivity contribution in [3.63, 3.8) is 0 Å². The summed E-state index contributed by atoms with van der Waals surface area (Å²) in [5.74, 6) is -1.64. The highest BCUT2D eigenvalue weighted by Crippen LogP contribution is 2.38. The van der Waals surface area contributed by atoms with E-state index in [0.29, 0.717) is 0 Å². The van der Waals surface area contributed by atoms with Gasteiger partial charge in [-0.3, -0.25) is 14.9 Å². The number of carbonyl (C=O) groups is 1. The number of benzene rings is 1. The number of phenolic OH excluding ortho intramolecular Hbond substituents is 1. The number of nitro groups is 1. The van der Waals surface area contributed by atoms with Crippen molar-refractivity contribution in [3.8, 4) is 5.75 Å². The molecule has 1 amide bonds. The number of nitrogens with one attached hydrogen (secondary N) is 1. The Morgan fingerprint density at radius 2 is 2.06 bits per heavy atom. The summed E-state index contributed by atoms with van der Waals surface area (Å²) in [6.07, 6.45) is 0. The van der Waals surface area contributed by atoms with E-state index in [9.17, 15) is 28.4 Å². The van der Waals surface area contributed by atoms with Crippen LogP contribution in [0.25, 0.3) is 0 Å². The minimum Gasteiger partial charge on any atom is -0.502 e. The third-order valence-electron chi connectivity index (χ3n) is 1.81. The van der Waals surface area contributed by atoms with Crippen LogP contribution in [0.5, 0.6) is 5.75 Å². The Bertz CT molecular complexity index is 627. The van der Waals surface area contributed by atoms with Crippen molar-refractivity contribution in [3.05, 3.63) is 27.3 Å². The summed E-state index contributed by atoms with van der Waals surface area (Å²) in [6.45, 7) is 0.959. The Hall–Kier alpha value is -1.87. The molecule has 0 saturated heterocycles. The van der Waals surface area contributed by atoms with E-state index in [0.717, 1.165) is 19.1 Å². The summed E-state index contributed by atoms with van der Waals surface area (Å²) in [4.78, 5) is 19.6. The molecule has 2 N–H and O–H groups in total. The van der Waals surface area contributed by atoms with E-state index < -0.39 is 42.2 Å². The first-order valence-corrected chi connectivity index (χ1v) is 6.22. The lowest BCUT2D eigenvalue weighted by molar-refractivity contribution is -0.385. The molecule has 8 nitrogen and oxygen atoms in total. The Morgan fingerprint density at radius 1 is 1.50 bits per heavy atom. The van der Waals surface area contributed by atoms with Crippen molar-refractivity contribution in [2.45, 2.75) is 11.8 Å². The number of aromatic hydroxyl groups is 1. The maximum atomic E-state index is 11.6. The van der Waals surface area contributed by atoms with Gasteiger partial charge in [-0.05, 0) is 12.1 Å². The van der Waals surface area contributed by atoms with Gasteiger partial charge in [-0.2, -0.15) is 0 Å². The number of phenols is 1. The molecule has 1 aromatic carbocycles. The number of hydrogen-bond donors (Lipinski definition) is 2. The number of amides is 1. The highest BCUT2D eigenvalue weighted by molar-refractivity contribution is 7.90. The van der Waals surface area contributed by atoms with Crippen molar-refractivity contribution in [1.82, 2.24) is 4.72 Å². The van der Waals surface area contributed by atoms with E-state index in [4.69, 9.17) is 11.6 Å². The molecule has 1 aromatic rings. The minimum absolute atomic E-state index is 0.663. The average molecular weight is 295 g/mol. The molecule has 0 aromatic heterocycles. The summed E-state index contributed by atoms with van der Waals surface area (Å²) in [5.41, 5.74) is -0.942. The predicted octanol–water partition coefficient (Wildman–Crippen LogP) is 0.779. The zero-order chi connectivity index (χ0) is 14.1. The van der Waals surface area contributed by atoms with Gasteiger partial charge in [0.2, 0.25) is 5.91 Å². The van der Waals surface area contributed by atoms with Gasteiger partial charge in [0.05, 0.1) is 4.92 Å². The number of rotatable bonds is 3. The van der Waals surface area contributed by atoms with Gasteiger partial charge in [-0.15, -0.1) is 0 Å². The molecular formula is C8H7ClN2O6S. The summed E-state index contributed by atoms with van der Waals surface area (Å²) in [5, 5.41) is 19.1. The van der Waals surface area contributed by atoms with Gasteiger partial charge >= 0.3 is 5.69 Å². The lowest BCUT2D eigenvalue weighted by Gasteiger charge is -2.07. The first-order chi connectivity index (χ1) is 8.16. The fourth-order valence-electron chi connectivity index (χ4n) is 1.16.